The van der Waals surface area contributed by atoms with Gasteiger partial charge in [-0.3, -0.25) is 4.79 Å². The Balaban J connectivity index is 2.15. The lowest BCUT2D eigenvalue weighted by Gasteiger charge is -2.14. The fourth-order valence-electron chi connectivity index (χ4n) is 2.25. The minimum Gasteiger partial charge on any atom is -0.507 e. The molecular formula is C17H20O5S. The number of carbonyl (C=O) groups is 2. The highest BCUT2D eigenvalue weighted by Gasteiger charge is 2.42. The van der Waals surface area contributed by atoms with Gasteiger partial charge in [0.1, 0.15) is 11.3 Å². The molecule has 2 rings (SSSR count). The third-order valence-corrected chi connectivity index (χ3v) is 4.64. The van der Waals surface area contributed by atoms with Crippen LogP contribution in [-0.4, -0.2) is 40.6 Å². The van der Waals surface area contributed by atoms with Gasteiger partial charge in [-0.05, 0) is 25.3 Å². The highest BCUT2D eigenvalue weighted by Crippen LogP contribution is 2.27. The van der Waals surface area contributed by atoms with Crippen molar-refractivity contribution in [1.82, 2.24) is 0 Å². The molecule has 0 radical (unpaired) electrons. The molecule has 0 spiro atoms. The van der Waals surface area contributed by atoms with Crippen LogP contribution in [0.25, 0.3) is 0 Å². The van der Waals surface area contributed by atoms with Crippen LogP contribution in [0.5, 0.6) is 5.75 Å². The maximum Gasteiger partial charge on any atom is 0.346 e. The first-order valence-electron chi connectivity index (χ1n) is 7.36. The van der Waals surface area contributed by atoms with Gasteiger partial charge in [-0.1, -0.05) is 25.1 Å². The quantitative estimate of drug-likeness (QED) is 0.373. The van der Waals surface area contributed by atoms with Gasteiger partial charge in [-0.15, -0.1) is 0 Å². The van der Waals surface area contributed by atoms with Crippen LogP contribution in [0, 0.1) is 0 Å². The number of esters is 1. The van der Waals surface area contributed by atoms with Crippen molar-refractivity contribution in [2.45, 2.75) is 37.7 Å². The lowest BCUT2D eigenvalue weighted by Crippen LogP contribution is -2.23. The molecule has 124 valence electrons. The Kier molecular flexibility index (Phi) is 5.71. The lowest BCUT2D eigenvalue weighted by atomic mass is 10.0. The molecule has 1 aromatic rings. The highest BCUT2D eigenvalue weighted by molar-refractivity contribution is 7.99. The van der Waals surface area contributed by atoms with Crippen molar-refractivity contribution in [1.29, 1.82) is 0 Å². The predicted molar refractivity (Wildman–Crippen MR) is 88.7 cm³/mol. The van der Waals surface area contributed by atoms with Crippen LogP contribution >= 0.6 is 11.8 Å². The van der Waals surface area contributed by atoms with E-state index >= 15 is 0 Å². The van der Waals surface area contributed by atoms with E-state index in [9.17, 15) is 14.7 Å². The van der Waals surface area contributed by atoms with Gasteiger partial charge in [-0.2, -0.15) is 11.8 Å². The molecule has 1 aliphatic rings. The van der Waals surface area contributed by atoms with Crippen LogP contribution in [0.1, 0.15) is 20.3 Å². The van der Waals surface area contributed by atoms with Crippen LogP contribution in [0.2, 0.25) is 0 Å². The van der Waals surface area contributed by atoms with Gasteiger partial charge in [0.2, 0.25) is 5.78 Å². The number of thioether (sulfide) groups is 1. The number of ether oxygens (including phenoxy) is 2. The SMILES string of the molecule is CSC(C)CC1OC(=O)/C(=C(/O)C(C)Oc2ccccc2)C1=O. The minimum atomic E-state index is -0.828. The second-order valence-corrected chi connectivity index (χ2v) is 6.65. The van der Waals surface area contributed by atoms with Crippen LogP contribution in [0.15, 0.2) is 41.7 Å². The molecule has 23 heavy (non-hydrogen) atoms. The van der Waals surface area contributed by atoms with Crippen LogP contribution in [-0.2, 0) is 14.3 Å². The normalized spacial score (nSPS) is 22.5. The third kappa shape index (κ3) is 4.07. The summed E-state index contributed by atoms with van der Waals surface area (Å²) in [6.45, 7) is 3.53. The van der Waals surface area contributed by atoms with E-state index in [-0.39, 0.29) is 16.6 Å². The lowest BCUT2D eigenvalue weighted by molar-refractivity contribution is -0.141. The Labute approximate surface area is 139 Å². The molecule has 1 saturated heterocycles. The summed E-state index contributed by atoms with van der Waals surface area (Å²) in [5.74, 6) is -1.10. The Morgan fingerprint density at radius 2 is 1.96 bits per heavy atom. The van der Waals surface area contributed by atoms with E-state index in [1.807, 2.05) is 19.2 Å². The number of hydrogen-bond donors (Lipinski definition) is 1. The molecular weight excluding hydrogens is 316 g/mol. The number of carbonyl (C=O) groups excluding carboxylic acids is 2. The topological polar surface area (TPSA) is 72.8 Å². The summed E-state index contributed by atoms with van der Waals surface area (Å²) >= 11 is 1.59. The number of aliphatic hydroxyl groups is 1. The number of aliphatic hydroxyl groups excluding tert-OH is 1. The zero-order valence-corrected chi connectivity index (χ0v) is 14.1. The van der Waals surface area contributed by atoms with E-state index in [0.29, 0.717) is 12.2 Å². The van der Waals surface area contributed by atoms with Gasteiger partial charge < -0.3 is 14.6 Å². The summed E-state index contributed by atoms with van der Waals surface area (Å²) in [5.41, 5.74) is -0.299. The zero-order valence-electron chi connectivity index (χ0n) is 13.3. The molecule has 3 atom stereocenters. The van der Waals surface area contributed by atoms with Gasteiger partial charge in [-0.25, -0.2) is 4.79 Å². The Bertz CT molecular complexity index is 611. The average molecular weight is 336 g/mol. The number of cyclic esters (lactones) is 1. The molecule has 0 aliphatic carbocycles. The van der Waals surface area contributed by atoms with Crippen molar-refractivity contribution in [2.75, 3.05) is 6.26 Å². The fourth-order valence-corrected chi connectivity index (χ4v) is 2.62. The van der Waals surface area contributed by atoms with E-state index in [1.165, 1.54) is 0 Å². The molecule has 0 amide bonds. The van der Waals surface area contributed by atoms with Crippen LogP contribution in [0.4, 0.5) is 0 Å². The summed E-state index contributed by atoms with van der Waals surface area (Å²) in [7, 11) is 0. The zero-order chi connectivity index (χ0) is 17.0. The van der Waals surface area contributed by atoms with Gasteiger partial charge in [0, 0.05) is 11.7 Å². The van der Waals surface area contributed by atoms with E-state index in [0.717, 1.165) is 0 Å². The molecule has 0 bridgehead atoms. The summed E-state index contributed by atoms with van der Waals surface area (Å²) in [4.78, 5) is 24.3. The predicted octanol–water partition coefficient (Wildman–Crippen LogP) is 2.90. The van der Waals surface area contributed by atoms with Crippen molar-refractivity contribution in [2.24, 2.45) is 0 Å². The fraction of sp³-hybridized carbons (Fsp3) is 0.412. The maximum absolute atomic E-state index is 12.3. The largest absolute Gasteiger partial charge is 0.507 e. The molecule has 0 aromatic heterocycles. The van der Waals surface area contributed by atoms with Crippen molar-refractivity contribution in [3.8, 4) is 5.75 Å². The smallest absolute Gasteiger partial charge is 0.346 e. The number of Topliss-reactive ketones (excluding diaryl/α,β-unsaturated/α-hetero) is 1. The molecule has 1 aliphatic heterocycles. The highest BCUT2D eigenvalue weighted by atomic mass is 32.2. The Morgan fingerprint density at radius 3 is 2.57 bits per heavy atom. The summed E-state index contributed by atoms with van der Waals surface area (Å²) in [6, 6.07) is 8.88. The molecule has 1 aromatic carbocycles. The monoisotopic (exact) mass is 336 g/mol. The van der Waals surface area contributed by atoms with Crippen molar-refractivity contribution in [3.63, 3.8) is 0 Å². The molecule has 3 unspecified atom stereocenters. The summed E-state index contributed by atoms with van der Waals surface area (Å²) in [6.07, 6.45) is 0.707. The first-order chi connectivity index (χ1) is 10.9. The van der Waals surface area contributed by atoms with Gasteiger partial charge in [0.25, 0.3) is 0 Å². The van der Waals surface area contributed by atoms with Crippen LogP contribution in [0.3, 0.4) is 0 Å². The maximum atomic E-state index is 12.3. The molecule has 6 heteroatoms. The van der Waals surface area contributed by atoms with Crippen molar-refractivity contribution in [3.05, 3.63) is 41.7 Å². The van der Waals surface area contributed by atoms with Gasteiger partial charge in [0.15, 0.2) is 18.0 Å². The standard InChI is InChI=1S/C17H20O5S/c1-10(23-3)9-13-16(19)14(17(20)22-13)15(18)11(2)21-12-7-5-4-6-8-12/h4-8,10-11,13,18H,9H2,1-3H3/b15-14+. The van der Waals surface area contributed by atoms with Crippen LogP contribution < -0.4 is 4.74 Å². The first-order valence-corrected chi connectivity index (χ1v) is 8.65. The molecule has 1 fully saturated rings. The second-order valence-electron chi connectivity index (χ2n) is 5.37. The van der Waals surface area contributed by atoms with E-state index < -0.39 is 24.0 Å². The molecule has 1 heterocycles. The van der Waals surface area contributed by atoms with Gasteiger partial charge in [0.05, 0.1) is 0 Å². The molecule has 1 N–H and O–H groups in total. The first kappa shape index (κ1) is 17.4. The van der Waals surface area contributed by atoms with Gasteiger partial charge >= 0.3 is 5.97 Å². The van der Waals surface area contributed by atoms with E-state index in [4.69, 9.17) is 9.47 Å². The Morgan fingerprint density at radius 1 is 1.30 bits per heavy atom. The van der Waals surface area contributed by atoms with E-state index in [2.05, 4.69) is 0 Å². The Hall–Kier alpha value is -1.95. The molecule has 0 saturated carbocycles. The number of ketones is 1. The minimum absolute atomic E-state index is 0.177. The number of hydrogen-bond acceptors (Lipinski definition) is 6. The van der Waals surface area contributed by atoms with E-state index in [1.54, 1.807) is 43.0 Å². The number of rotatable bonds is 6. The average Bonchev–Trinajstić information content (AvgIpc) is 2.81. The number of para-hydroxylation sites is 1. The van der Waals surface area contributed by atoms with Crippen molar-refractivity contribution < 1.29 is 24.2 Å². The summed E-state index contributed by atoms with van der Waals surface area (Å²) in [5, 5.41) is 10.4. The van der Waals surface area contributed by atoms with Crippen molar-refractivity contribution >= 4 is 23.5 Å². The third-order valence-electron chi connectivity index (χ3n) is 3.64. The number of benzene rings is 1. The molecule has 5 nitrogen and oxygen atoms in total. The second kappa shape index (κ2) is 7.55. The summed E-state index contributed by atoms with van der Waals surface area (Å²) < 4.78 is 10.7.